The third kappa shape index (κ3) is 4.57. The smallest absolute Gasteiger partial charge is 0.307 e. The number of hydrogen-bond donors (Lipinski definition) is 2. The van der Waals surface area contributed by atoms with Crippen molar-refractivity contribution in [3.8, 4) is 0 Å². The third-order valence-electron chi connectivity index (χ3n) is 3.91. The Morgan fingerprint density at radius 3 is 2.28 bits per heavy atom. The van der Waals surface area contributed by atoms with E-state index in [1.165, 1.54) is 13.3 Å². The van der Waals surface area contributed by atoms with Crippen molar-refractivity contribution in [3.63, 3.8) is 0 Å². The van der Waals surface area contributed by atoms with Crippen molar-refractivity contribution in [1.29, 1.82) is 0 Å². The van der Waals surface area contributed by atoms with Crippen LogP contribution < -0.4 is 0 Å². The number of aliphatic carboxylic acids is 1. The van der Waals surface area contributed by atoms with Crippen LogP contribution in [0, 0.1) is 11.8 Å². The molecule has 2 unspecified atom stereocenters. The molecule has 0 saturated heterocycles. The molecule has 0 spiro atoms. The van der Waals surface area contributed by atoms with Crippen LogP contribution >= 0.6 is 0 Å². The highest BCUT2D eigenvalue weighted by Crippen LogP contribution is 2.30. The van der Waals surface area contributed by atoms with Crippen LogP contribution in [0.15, 0.2) is 0 Å². The topological polar surface area (TPSA) is 91.7 Å². The maximum Gasteiger partial charge on any atom is 0.307 e. The molecule has 0 aromatic heterocycles. The van der Waals surface area contributed by atoms with Crippen LogP contribution in [0.1, 0.15) is 51.9 Å². The molecule has 0 aromatic carbocycles. The summed E-state index contributed by atoms with van der Waals surface area (Å²) in [6.07, 6.45) is 6.63. The van der Waals surface area contributed by atoms with Gasteiger partial charge in [-0.1, -0.05) is 39.0 Å². The highest BCUT2D eigenvalue weighted by atomic mass is 32.2. The van der Waals surface area contributed by atoms with Gasteiger partial charge in [0.15, 0.2) is 0 Å². The molecule has 1 aliphatic rings. The molecular weight excluding hydrogens is 256 g/mol. The molecule has 106 valence electrons. The van der Waals surface area contributed by atoms with Crippen molar-refractivity contribution in [3.05, 3.63) is 0 Å². The number of hydrogen-bond acceptors (Lipinski definition) is 3. The fourth-order valence-corrected chi connectivity index (χ4v) is 3.76. The molecule has 2 N–H and O–H groups in total. The Hall–Kier alpha value is -0.620. The normalized spacial score (nSPS) is 21.4. The van der Waals surface area contributed by atoms with Crippen LogP contribution in [0.25, 0.3) is 0 Å². The van der Waals surface area contributed by atoms with E-state index in [-0.39, 0.29) is 6.42 Å². The third-order valence-corrected chi connectivity index (χ3v) is 5.32. The quantitative estimate of drug-likeness (QED) is 0.727. The van der Waals surface area contributed by atoms with Crippen LogP contribution in [0.3, 0.4) is 0 Å². The summed E-state index contributed by atoms with van der Waals surface area (Å²) in [5.41, 5.74) is 0. The first-order valence-electron chi connectivity index (χ1n) is 6.51. The van der Waals surface area contributed by atoms with Gasteiger partial charge in [0.1, 0.15) is 0 Å². The van der Waals surface area contributed by atoms with Crippen molar-refractivity contribution >= 4 is 16.1 Å². The van der Waals surface area contributed by atoms with Crippen LogP contribution in [0.4, 0.5) is 0 Å². The van der Waals surface area contributed by atoms with E-state index in [0.717, 1.165) is 25.7 Å². The van der Waals surface area contributed by atoms with E-state index in [4.69, 9.17) is 9.66 Å². The average Bonchev–Trinajstić information content (AvgIpc) is 2.28. The summed E-state index contributed by atoms with van der Waals surface area (Å²) in [6.45, 7) is 1.33. The Labute approximate surface area is 108 Å². The van der Waals surface area contributed by atoms with E-state index in [9.17, 15) is 13.2 Å². The van der Waals surface area contributed by atoms with Gasteiger partial charge in [0, 0.05) is 0 Å². The molecule has 0 aromatic rings. The Morgan fingerprint density at radius 1 is 1.28 bits per heavy atom. The molecule has 1 fully saturated rings. The number of carboxylic acid groups (broad SMARTS) is 1. The summed E-state index contributed by atoms with van der Waals surface area (Å²) in [4.78, 5) is 10.9. The maximum absolute atomic E-state index is 11.2. The molecule has 18 heavy (non-hydrogen) atoms. The molecule has 0 bridgehead atoms. The van der Waals surface area contributed by atoms with Crippen LogP contribution in [-0.2, 0) is 14.9 Å². The molecule has 6 heteroatoms. The van der Waals surface area contributed by atoms with Gasteiger partial charge in [-0.05, 0) is 18.8 Å². The van der Waals surface area contributed by atoms with E-state index in [0.29, 0.717) is 12.3 Å². The second kappa shape index (κ2) is 6.52. The number of rotatable bonds is 6. The van der Waals surface area contributed by atoms with Crippen molar-refractivity contribution < 1.29 is 22.9 Å². The SMILES string of the molecule is CC(C(=O)O)C(CCC1CCCCC1)S(=O)(=O)O. The Balaban J connectivity index is 2.59. The fourth-order valence-electron chi connectivity index (χ4n) is 2.69. The second-order valence-corrected chi connectivity index (χ2v) is 6.90. The molecule has 1 rings (SSSR count). The lowest BCUT2D eigenvalue weighted by molar-refractivity contribution is -0.141. The van der Waals surface area contributed by atoms with Gasteiger partial charge < -0.3 is 5.11 Å². The molecule has 1 saturated carbocycles. The Morgan fingerprint density at radius 2 is 1.83 bits per heavy atom. The first-order chi connectivity index (χ1) is 8.32. The molecule has 0 radical (unpaired) electrons. The van der Waals surface area contributed by atoms with E-state index in [1.807, 2.05) is 0 Å². The van der Waals surface area contributed by atoms with Gasteiger partial charge in [-0.3, -0.25) is 9.35 Å². The lowest BCUT2D eigenvalue weighted by Crippen LogP contribution is -2.33. The Kier molecular flexibility index (Phi) is 5.59. The van der Waals surface area contributed by atoms with Gasteiger partial charge in [-0.15, -0.1) is 0 Å². The van der Waals surface area contributed by atoms with Crippen molar-refractivity contribution in [2.45, 2.75) is 57.1 Å². The molecule has 0 aliphatic heterocycles. The maximum atomic E-state index is 11.2. The standard InChI is InChI=1S/C12H22O5S/c1-9(12(13)14)11(18(15,16)17)8-7-10-5-3-2-4-6-10/h9-11H,2-8H2,1H3,(H,13,14)(H,15,16,17). The predicted molar refractivity (Wildman–Crippen MR) is 67.9 cm³/mol. The lowest BCUT2D eigenvalue weighted by atomic mass is 9.85. The van der Waals surface area contributed by atoms with Gasteiger partial charge in [0.25, 0.3) is 10.1 Å². The molecule has 0 amide bonds. The molecular formula is C12H22O5S. The summed E-state index contributed by atoms with van der Waals surface area (Å²) >= 11 is 0. The second-order valence-electron chi connectivity index (χ2n) is 5.26. The minimum atomic E-state index is -4.29. The zero-order valence-electron chi connectivity index (χ0n) is 10.7. The van der Waals surface area contributed by atoms with Crippen molar-refractivity contribution in [1.82, 2.24) is 0 Å². The molecule has 2 atom stereocenters. The summed E-state index contributed by atoms with van der Waals surface area (Å²) in [5.74, 6) is -1.77. The number of carboxylic acids is 1. The van der Waals surface area contributed by atoms with E-state index in [2.05, 4.69) is 0 Å². The first kappa shape index (κ1) is 15.4. The van der Waals surface area contributed by atoms with Crippen molar-refractivity contribution in [2.24, 2.45) is 11.8 Å². The average molecular weight is 278 g/mol. The van der Waals surface area contributed by atoms with Gasteiger partial charge >= 0.3 is 5.97 Å². The zero-order valence-corrected chi connectivity index (χ0v) is 11.5. The van der Waals surface area contributed by atoms with Crippen LogP contribution in [0.2, 0.25) is 0 Å². The molecule has 1 aliphatic carbocycles. The fraction of sp³-hybridized carbons (Fsp3) is 0.917. The van der Waals surface area contributed by atoms with Gasteiger partial charge in [-0.25, -0.2) is 0 Å². The molecule has 0 heterocycles. The minimum absolute atomic E-state index is 0.233. The minimum Gasteiger partial charge on any atom is -0.481 e. The highest BCUT2D eigenvalue weighted by Gasteiger charge is 2.34. The summed E-state index contributed by atoms with van der Waals surface area (Å²) in [7, 11) is -4.29. The van der Waals surface area contributed by atoms with Gasteiger partial charge in [0.05, 0.1) is 11.2 Å². The highest BCUT2D eigenvalue weighted by molar-refractivity contribution is 7.86. The lowest BCUT2D eigenvalue weighted by Gasteiger charge is -2.24. The molecule has 5 nitrogen and oxygen atoms in total. The van der Waals surface area contributed by atoms with Crippen molar-refractivity contribution in [2.75, 3.05) is 0 Å². The van der Waals surface area contributed by atoms with Gasteiger partial charge in [0.2, 0.25) is 0 Å². The zero-order chi connectivity index (χ0) is 13.8. The van der Waals surface area contributed by atoms with Gasteiger partial charge in [-0.2, -0.15) is 8.42 Å². The van der Waals surface area contributed by atoms with E-state index in [1.54, 1.807) is 0 Å². The Bertz CT molecular complexity index is 370. The summed E-state index contributed by atoms with van der Waals surface area (Å²) in [6, 6.07) is 0. The summed E-state index contributed by atoms with van der Waals surface area (Å²) < 4.78 is 31.6. The van der Waals surface area contributed by atoms with E-state index >= 15 is 0 Å². The van der Waals surface area contributed by atoms with Crippen LogP contribution in [0.5, 0.6) is 0 Å². The first-order valence-corrected chi connectivity index (χ1v) is 8.01. The monoisotopic (exact) mass is 278 g/mol. The largest absolute Gasteiger partial charge is 0.481 e. The predicted octanol–water partition coefficient (Wildman–Crippen LogP) is 2.32. The van der Waals surface area contributed by atoms with E-state index < -0.39 is 27.3 Å². The van der Waals surface area contributed by atoms with Crippen LogP contribution in [-0.4, -0.2) is 29.3 Å². The summed E-state index contributed by atoms with van der Waals surface area (Å²) in [5, 5.41) is 7.69. The number of carbonyl (C=O) groups is 1.